The first kappa shape index (κ1) is 19.2. The van der Waals surface area contributed by atoms with E-state index in [4.69, 9.17) is 4.74 Å². The van der Waals surface area contributed by atoms with Crippen LogP contribution < -0.4 is 15.6 Å². The van der Waals surface area contributed by atoms with E-state index in [-0.39, 0.29) is 11.5 Å². The summed E-state index contributed by atoms with van der Waals surface area (Å²) in [5.41, 5.74) is 1.24. The lowest BCUT2D eigenvalue weighted by molar-refractivity contribution is -0.117. The van der Waals surface area contributed by atoms with Gasteiger partial charge in [-0.05, 0) is 68.2 Å². The molecule has 0 aliphatic carbocycles. The van der Waals surface area contributed by atoms with Gasteiger partial charge in [0.05, 0.1) is 12.1 Å². The van der Waals surface area contributed by atoms with Crippen molar-refractivity contribution in [3.8, 4) is 11.5 Å². The Morgan fingerprint density at radius 2 is 1.86 bits per heavy atom. The molecule has 6 heteroatoms. The van der Waals surface area contributed by atoms with E-state index >= 15 is 0 Å². The zero-order valence-corrected chi connectivity index (χ0v) is 16.5. The summed E-state index contributed by atoms with van der Waals surface area (Å²) in [7, 11) is 0. The van der Waals surface area contributed by atoms with Crippen molar-refractivity contribution in [3.63, 3.8) is 0 Å². The number of pyridine rings is 1. The number of carbonyl (C=O) groups excluding carboxylic acids is 1. The van der Waals surface area contributed by atoms with Gasteiger partial charge in [-0.25, -0.2) is 0 Å². The average molecular weight is 391 g/mol. The molecule has 6 nitrogen and oxygen atoms in total. The molecule has 2 heterocycles. The highest BCUT2D eigenvalue weighted by Gasteiger charge is 2.18. The largest absolute Gasteiger partial charge is 0.456 e. The quantitative estimate of drug-likeness (QED) is 0.690. The molecule has 0 spiro atoms. The van der Waals surface area contributed by atoms with Gasteiger partial charge < -0.3 is 15.0 Å². The summed E-state index contributed by atoms with van der Waals surface area (Å²) < 4.78 is 5.92. The first-order valence-corrected chi connectivity index (χ1v) is 9.99. The van der Waals surface area contributed by atoms with Crippen LogP contribution in [0.2, 0.25) is 0 Å². The molecule has 0 unspecified atom stereocenters. The highest BCUT2D eigenvalue weighted by atomic mass is 16.5. The molecular formula is C23H25N3O3. The topological polar surface area (TPSA) is 74.4 Å². The second-order valence-electron chi connectivity index (χ2n) is 7.68. The van der Waals surface area contributed by atoms with Crippen LogP contribution in [0.4, 0.5) is 5.69 Å². The number of hydrogen-bond donors (Lipinski definition) is 2. The van der Waals surface area contributed by atoms with Crippen LogP contribution in [0.5, 0.6) is 11.5 Å². The van der Waals surface area contributed by atoms with Crippen molar-refractivity contribution in [2.24, 2.45) is 5.92 Å². The number of hydrogen-bond acceptors (Lipinski definition) is 4. The minimum Gasteiger partial charge on any atom is -0.456 e. The van der Waals surface area contributed by atoms with E-state index in [2.05, 4.69) is 22.1 Å². The number of amides is 1. The zero-order valence-electron chi connectivity index (χ0n) is 16.5. The first-order valence-electron chi connectivity index (χ1n) is 9.99. The number of fused-ring (bicyclic) bond motifs is 1. The maximum atomic E-state index is 12.3. The Labute approximate surface area is 169 Å². The van der Waals surface area contributed by atoms with Crippen molar-refractivity contribution >= 4 is 22.5 Å². The normalized spacial score (nSPS) is 15.3. The van der Waals surface area contributed by atoms with Crippen molar-refractivity contribution in [1.29, 1.82) is 0 Å². The summed E-state index contributed by atoms with van der Waals surface area (Å²) >= 11 is 0. The number of carbonyl (C=O) groups is 1. The number of piperidine rings is 1. The van der Waals surface area contributed by atoms with Gasteiger partial charge in [-0.15, -0.1) is 0 Å². The highest BCUT2D eigenvalue weighted by Crippen LogP contribution is 2.28. The molecule has 1 fully saturated rings. The molecule has 0 bridgehead atoms. The van der Waals surface area contributed by atoms with Crippen LogP contribution in [0, 0.1) is 5.92 Å². The summed E-state index contributed by atoms with van der Waals surface area (Å²) in [5, 5.41) is 3.77. The molecule has 0 saturated carbocycles. The predicted octanol–water partition coefficient (Wildman–Crippen LogP) is 3.99. The number of rotatable bonds is 5. The molecule has 2 N–H and O–H groups in total. The van der Waals surface area contributed by atoms with Gasteiger partial charge in [0, 0.05) is 17.1 Å². The SMILES string of the molecule is CC1CCN(CC(=O)Nc2ccc(Oc3cc(=O)[nH]c4ccccc34)cc2)CC1. The molecule has 150 valence electrons. The van der Waals surface area contributed by atoms with Crippen LogP contribution in [0.1, 0.15) is 19.8 Å². The monoisotopic (exact) mass is 391 g/mol. The molecule has 1 aliphatic rings. The third kappa shape index (κ3) is 4.84. The lowest BCUT2D eigenvalue weighted by Crippen LogP contribution is -2.38. The van der Waals surface area contributed by atoms with Crippen molar-refractivity contribution in [1.82, 2.24) is 9.88 Å². The molecule has 1 saturated heterocycles. The Bertz CT molecular complexity index is 1050. The Kier molecular flexibility index (Phi) is 5.62. The molecule has 0 radical (unpaired) electrons. The van der Waals surface area contributed by atoms with Gasteiger partial charge in [-0.2, -0.15) is 0 Å². The van der Waals surface area contributed by atoms with E-state index < -0.39 is 0 Å². The lowest BCUT2D eigenvalue weighted by Gasteiger charge is -2.29. The van der Waals surface area contributed by atoms with E-state index in [0.717, 1.165) is 48.4 Å². The van der Waals surface area contributed by atoms with Gasteiger partial charge in [-0.1, -0.05) is 19.1 Å². The number of anilines is 1. The molecule has 1 aliphatic heterocycles. The minimum atomic E-state index is -0.213. The Hall–Kier alpha value is -3.12. The number of benzene rings is 2. The van der Waals surface area contributed by atoms with E-state index in [1.807, 2.05) is 24.3 Å². The van der Waals surface area contributed by atoms with Crippen LogP contribution in [-0.2, 0) is 4.79 Å². The molecule has 3 aromatic rings. The van der Waals surface area contributed by atoms with E-state index in [9.17, 15) is 9.59 Å². The number of likely N-dealkylation sites (tertiary alicyclic amines) is 1. The van der Waals surface area contributed by atoms with Crippen LogP contribution in [-0.4, -0.2) is 35.4 Å². The first-order chi connectivity index (χ1) is 14.1. The van der Waals surface area contributed by atoms with Gasteiger partial charge in [0.1, 0.15) is 11.5 Å². The summed E-state index contributed by atoms with van der Waals surface area (Å²) in [5.74, 6) is 1.84. The van der Waals surface area contributed by atoms with E-state index in [0.29, 0.717) is 18.0 Å². The van der Waals surface area contributed by atoms with Gasteiger partial charge >= 0.3 is 0 Å². The van der Waals surface area contributed by atoms with Gasteiger partial charge in [0.15, 0.2) is 0 Å². The molecule has 4 rings (SSSR count). The summed E-state index contributed by atoms with van der Waals surface area (Å²) in [4.78, 5) is 29.2. The van der Waals surface area contributed by atoms with Crippen molar-refractivity contribution < 1.29 is 9.53 Å². The second kappa shape index (κ2) is 8.49. The number of H-pyrrole nitrogens is 1. The van der Waals surface area contributed by atoms with Gasteiger partial charge in [0.2, 0.25) is 5.91 Å². The third-order valence-electron chi connectivity index (χ3n) is 5.32. The summed E-state index contributed by atoms with van der Waals surface area (Å²) in [6.45, 7) is 4.64. The summed E-state index contributed by atoms with van der Waals surface area (Å²) in [6, 6.07) is 16.1. The predicted molar refractivity (Wildman–Crippen MR) is 115 cm³/mol. The second-order valence-corrected chi connectivity index (χ2v) is 7.68. The zero-order chi connectivity index (χ0) is 20.2. The molecule has 1 aromatic heterocycles. The Balaban J connectivity index is 1.40. The van der Waals surface area contributed by atoms with Crippen LogP contribution in [0.25, 0.3) is 10.9 Å². The van der Waals surface area contributed by atoms with Crippen LogP contribution in [0.15, 0.2) is 59.4 Å². The van der Waals surface area contributed by atoms with E-state index in [1.54, 1.807) is 24.3 Å². The van der Waals surface area contributed by atoms with E-state index in [1.165, 1.54) is 6.07 Å². The smallest absolute Gasteiger partial charge is 0.252 e. The van der Waals surface area contributed by atoms with Gasteiger partial charge in [-0.3, -0.25) is 14.5 Å². The molecule has 29 heavy (non-hydrogen) atoms. The Morgan fingerprint density at radius 3 is 2.62 bits per heavy atom. The number of para-hydroxylation sites is 1. The fraction of sp³-hybridized carbons (Fsp3) is 0.304. The highest BCUT2D eigenvalue weighted by molar-refractivity contribution is 5.92. The number of aromatic nitrogens is 1. The van der Waals surface area contributed by atoms with Gasteiger partial charge in [0.25, 0.3) is 5.56 Å². The number of nitrogens with zero attached hydrogens (tertiary/aromatic N) is 1. The summed E-state index contributed by atoms with van der Waals surface area (Å²) in [6.07, 6.45) is 2.30. The molecule has 1 amide bonds. The maximum Gasteiger partial charge on any atom is 0.252 e. The van der Waals surface area contributed by atoms with Crippen LogP contribution in [0.3, 0.4) is 0 Å². The molecule has 0 atom stereocenters. The standard InChI is InChI=1S/C23H25N3O3/c1-16-10-12-26(13-11-16)15-23(28)24-17-6-8-18(9-7-17)29-21-14-22(27)25-20-5-3-2-4-19(20)21/h2-9,14,16H,10-13,15H2,1H3,(H,24,28)(H,25,27). The minimum absolute atomic E-state index is 0.00573. The molecular weight excluding hydrogens is 366 g/mol. The lowest BCUT2D eigenvalue weighted by atomic mass is 9.99. The number of nitrogens with one attached hydrogen (secondary N) is 2. The van der Waals surface area contributed by atoms with Crippen LogP contribution >= 0.6 is 0 Å². The fourth-order valence-corrected chi connectivity index (χ4v) is 3.61. The van der Waals surface area contributed by atoms with Crippen molar-refractivity contribution in [2.75, 3.05) is 25.0 Å². The number of ether oxygens (including phenoxy) is 1. The Morgan fingerprint density at radius 1 is 1.14 bits per heavy atom. The van der Waals surface area contributed by atoms with Crippen molar-refractivity contribution in [3.05, 3.63) is 65.0 Å². The number of aromatic amines is 1. The maximum absolute atomic E-state index is 12.3. The van der Waals surface area contributed by atoms with Crippen molar-refractivity contribution in [2.45, 2.75) is 19.8 Å². The fourth-order valence-electron chi connectivity index (χ4n) is 3.61. The average Bonchev–Trinajstić information content (AvgIpc) is 2.71. The third-order valence-corrected chi connectivity index (χ3v) is 5.32. The molecule has 2 aromatic carbocycles.